The number of aromatic nitrogens is 3. The van der Waals surface area contributed by atoms with Gasteiger partial charge in [0.25, 0.3) is 5.91 Å². The highest BCUT2D eigenvalue weighted by Gasteiger charge is 2.38. The van der Waals surface area contributed by atoms with Gasteiger partial charge in [0.1, 0.15) is 0 Å². The maximum atomic E-state index is 11.9. The van der Waals surface area contributed by atoms with Crippen molar-refractivity contribution in [3.05, 3.63) is 59.1 Å². The Balaban J connectivity index is 0.000000345. The largest absolute Gasteiger partial charge is 0.490 e. The predicted molar refractivity (Wildman–Crippen MR) is 96.8 cm³/mol. The normalized spacial score (nSPS) is 10.8. The first-order chi connectivity index (χ1) is 13.1. The Morgan fingerprint density at radius 2 is 1.79 bits per heavy atom. The molecule has 2 aromatic heterocycles. The molecule has 7 nitrogen and oxygen atoms in total. The van der Waals surface area contributed by atoms with Gasteiger partial charge >= 0.3 is 12.1 Å². The summed E-state index contributed by atoms with van der Waals surface area (Å²) in [5.41, 5.74) is 4.46. The van der Waals surface area contributed by atoms with Gasteiger partial charge in [-0.3, -0.25) is 4.79 Å². The number of benzene rings is 1. The molecule has 0 atom stereocenters. The van der Waals surface area contributed by atoms with Crippen molar-refractivity contribution in [2.24, 2.45) is 0 Å². The van der Waals surface area contributed by atoms with Gasteiger partial charge in [0.15, 0.2) is 0 Å². The zero-order valence-electron chi connectivity index (χ0n) is 14.7. The lowest BCUT2D eigenvalue weighted by Gasteiger charge is -2.08. The maximum Gasteiger partial charge on any atom is 0.490 e. The van der Waals surface area contributed by atoms with E-state index < -0.39 is 12.1 Å². The van der Waals surface area contributed by atoms with E-state index in [0.717, 1.165) is 22.8 Å². The fourth-order valence-corrected chi connectivity index (χ4v) is 2.50. The van der Waals surface area contributed by atoms with Crippen LogP contribution < -0.4 is 5.32 Å². The molecule has 0 aliphatic heterocycles. The molecule has 0 saturated carbocycles. The van der Waals surface area contributed by atoms with Crippen LogP contribution in [0.3, 0.4) is 0 Å². The van der Waals surface area contributed by atoms with Gasteiger partial charge in [-0.25, -0.2) is 14.2 Å². The van der Waals surface area contributed by atoms with Crippen LogP contribution in [-0.2, 0) is 4.79 Å². The van der Waals surface area contributed by atoms with Crippen molar-refractivity contribution in [2.45, 2.75) is 20.0 Å². The van der Waals surface area contributed by atoms with Crippen molar-refractivity contribution < 1.29 is 27.9 Å². The third-order valence-electron chi connectivity index (χ3n) is 3.59. The molecule has 1 aromatic carbocycles. The molecule has 3 aromatic rings. The van der Waals surface area contributed by atoms with E-state index in [1.807, 2.05) is 42.7 Å². The fraction of sp³-hybridized carbons (Fsp3) is 0.176. The van der Waals surface area contributed by atoms with Crippen molar-refractivity contribution in [1.29, 1.82) is 0 Å². The number of carboxylic acids is 1. The number of carbonyl (C=O) groups excluding carboxylic acids is 1. The second-order valence-electron chi connectivity index (χ2n) is 5.50. The molecule has 0 spiro atoms. The summed E-state index contributed by atoms with van der Waals surface area (Å²) < 4.78 is 37.7. The Labute approximate surface area is 161 Å². The molecule has 0 saturated heterocycles. The third-order valence-corrected chi connectivity index (χ3v) is 4.18. The summed E-state index contributed by atoms with van der Waals surface area (Å²) in [6, 6.07) is 7.66. The summed E-state index contributed by atoms with van der Waals surface area (Å²) in [5.74, 6) is -2.90. The second kappa shape index (κ2) is 8.65. The summed E-state index contributed by atoms with van der Waals surface area (Å²) >= 11 is 1.26. The maximum absolute atomic E-state index is 11.9. The Bertz CT molecular complexity index is 951. The summed E-state index contributed by atoms with van der Waals surface area (Å²) in [6.07, 6.45) is -1.72. The predicted octanol–water partition coefficient (Wildman–Crippen LogP) is 3.83. The van der Waals surface area contributed by atoms with E-state index in [1.165, 1.54) is 11.5 Å². The van der Waals surface area contributed by atoms with E-state index in [9.17, 15) is 18.0 Å². The lowest BCUT2D eigenvalue weighted by atomic mass is 10.2. The zero-order valence-corrected chi connectivity index (χ0v) is 15.5. The molecule has 0 aliphatic rings. The molecule has 0 unspecified atom stereocenters. The standard InChI is InChI=1S/C15H14N4OS.C2HF3O2/c1-10-11(2)19(9-16-10)14-5-3-13(4-6-14)18-15(20)12-7-17-21-8-12;3-2(4,5)1(6)7/h3-9H,1-2H3,(H,18,20);(H,6,7). The lowest BCUT2D eigenvalue weighted by molar-refractivity contribution is -0.192. The number of amides is 1. The highest BCUT2D eigenvalue weighted by atomic mass is 32.1. The number of hydrogen-bond acceptors (Lipinski definition) is 5. The van der Waals surface area contributed by atoms with Gasteiger partial charge in [-0.05, 0) is 49.6 Å². The molecule has 0 bridgehead atoms. The molecule has 0 aliphatic carbocycles. The number of halogens is 3. The molecule has 11 heteroatoms. The van der Waals surface area contributed by atoms with Crippen LogP contribution in [-0.4, -0.2) is 37.1 Å². The number of carboxylic acid groups (broad SMARTS) is 1. The van der Waals surface area contributed by atoms with Crippen LogP contribution in [0.4, 0.5) is 18.9 Å². The molecule has 28 heavy (non-hydrogen) atoms. The summed E-state index contributed by atoms with van der Waals surface area (Å²) in [6.45, 7) is 4.01. The minimum atomic E-state index is -5.08. The van der Waals surface area contributed by atoms with Gasteiger partial charge in [-0.1, -0.05) is 0 Å². The van der Waals surface area contributed by atoms with Crippen molar-refractivity contribution in [2.75, 3.05) is 5.32 Å². The van der Waals surface area contributed by atoms with Crippen LogP contribution in [0, 0.1) is 13.8 Å². The molecular weight excluding hydrogens is 397 g/mol. The van der Waals surface area contributed by atoms with Gasteiger partial charge in [-0.15, -0.1) is 0 Å². The number of aryl methyl sites for hydroxylation is 1. The van der Waals surface area contributed by atoms with E-state index in [4.69, 9.17) is 9.90 Å². The van der Waals surface area contributed by atoms with Gasteiger partial charge in [0, 0.05) is 22.4 Å². The van der Waals surface area contributed by atoms with Crippen LogP contribution in [0.2, 0.25) is 0 Å². The molecule has 3 rings (SSSR count). The molecule has 2 N–H and O–H groups in total. The van der Waals surface area contributed by atoms with E-state index >= 15 is 0 Å². The molecule has 0 radical (unpaired) electrons. The zero-order chi connectivity index (χ0) is 20.9. The summed E-state index contributed by atoms with van der Waals surface area (Å²) in [4.78, 5) is 25.1. The molecule has 2 heterocycles. The minimum Gasteiger partial charge on any atom is -0.475 e. The van der Waals surface area contributed by atoms with Crippen molar-refractivity contribution >= 4 is 29.1 Å². The SMILES string of the molecule is Cc1ncn(-c2ccc(NC(=O)c3cnsc3)cc2)c1C.O=C(O)C(F)(F)F. The second-order valence-corrected chi connectivity index (χ2v) is 6.16. The average Bonchev–Trinajstić information content (AvgIpc) is 3.27. The highest BCUT2D eigenvalue weighted by Crippen LogP contribution is 2.17. The van der Waals surface area contributed by atoms with Gasteiger partial charge in [0.2, 0.25) is 0 Å². The van der Waals surface area contributed by atoms with E-state index in [0.29, 0.717) is 5.56 Å². The van der Waals surface area contributed by atoms with Crippen LogP contribution in [0.1, 0.15) is 21.7 Å². The Kier molecular flexibility index (Phi) is 6.52. The van der Waals surface area contributed by atoms with Crippen molar-refractivity contribution in [1.82, 2.24) is 13.9 Å². The van der Waals surface area contributed by atoms with Gasteiger partial charge < -0.3 is 15.0 Å². The number of rotatable bonds is 3. The number of alkyl halides is 3. The van der Waals surface area contributed by atoms with Crippen molar-refractivity contribution in [3.63, 3.8) is 0 Å². The summed E-state index contributed by atoms with van der Waals surface area (Å²) in [7, 11) is 0. The number of imidazole rings is 1. The molecule has 1 amide bonds. The Morgan fingerprint density at radius 3 is 2.21 bits per heavy atom. The smallest absolute Gasteiger partial charge is 0.475 e. The quantitative estimate of drug-likeness (QED) is 0.682. The number of nitrogens with zero attached hydrogens (tertiary/aromatic N) is 3. The topological polar surface area (TPSA) is 97.1 Å². The van der Waals surface area contributed by atoms with Crippen LogP contribution >= 0.6 is 11.5 Å². The van der Waals surface area contributed by atoms with Crippen LogP contribution in [0.5, 0.6) is 0 Å². The molecule has 0 fully saturated rings. The molecule has 148 valence electrons. The first-order valence-corrected chi connectivity index (χ1v) is 8.55. The first kappa shape index (κ1) is 21.1. The lowest BCUT2D eigenvalue weighted by Crippen LogP contribution is -2.21. The van der Waals surface area contributed by atoms with Gasteiger partial charge in [0.05, 0.1) is 23.8 Å². The Morgan fingerprint density at radius 1 is 1.18 bits per heavy atom. The Hall–Kier alpha value is -3.21. The van der Waals surface area contributed by atoms with Crippen LogP contribution in [0.15, 0.2) is 42.2 Å². The number of anilines is 1. The average molecular weight is 412 g/mol. The summed E-state index contributed by atoms with van der Waals surface area (Å²) in [5, 5.41) is 11.7. The minimum absolute atomic E-state index is 0.147. The number of hydrogen-bond donors (Lipinski definition) is 2. The third kappa shape index (κ3) is 5.39. The number of nitrogens with one attached hydrogen (secondary N) is 1. The first-order valence-electron chi connectivity index (χ1n) is 7.71. The van der Waals surface area contributed by atoms with Crippen LogP contribution in [0.25, 0.3) is 5.69 Å². The highest BCUT2D eigenvalue weighted by molar-refractivity contribution is 7.03. The van der Waals surface area contributed by atoms with E-state index in [2.05, 4.69) is 14.7 Å². The van der Waals surface area contributed by atoms with E-state index in [1.54, 1.807) is 17.9 Å². The monoisotopic (exact) mass is 412 g/mol. The van der Waals surface area contributed by atoms with E-state index in [-0.39, 0.29) is 5.91 Å². The van der Waals surface area contributed by atoms with Crippen molar-refractivity contribution in [3.8, 4) is 5.69 Å². The van der Waals surface area contributed by atoms with Gasteiger partial charge in [-0.2, -0.15) is 13.2 Å². The number of aliphatic carboxylic acids is 1. The number of carbonyl (C=O) groups is 2. The molecular formula is C17H15F3N4O3S. The fourth-order valence-electron chi connectivity index (χ4n) is 1.98.